The lowest BCUT2D eigenvalue weighted by Gasteiger charge is -2.49. The number of alkyl halides is 3. The largest absolute Gasteiger partial charge is 0.459 e. The second-order valence-electron chi connectivity index (χ2n) is 21.2. The van der Waals surface area contributed by atoms with Gasteiger partial charge in [-0.3, -0.25) is 9.78 Å². The van der Waals surface area contributed by atoms with Gasteiger partial charge in [0, 0.05) is 86.0 Å². The van der Waals surface area contributed by atoms with Crippen LogP contribution in [0.3, 0.4) is 0 Å². The highest BCUT2D eigenvalue weighted by atomic mass is 19.4. The molecule has 20 nitrogen and oxygen atoms in total. The molecular weight excluding hydrogens is 954 g/mol. The number of pyridine rings is 1. The molecule has 3 fully saturated rings. The zero-order valence-corrected chi connectivity index (χ0v) is 44.0. The van der Waals surface area contributed by atoms with Gasteiger partial charge in [0.15, 0.2) is 18.6 Å². The van der Waals surface area contributed by atoms with Crippen LogP contribution in [0.1, 0.15) is 112 Å². The van der Waals surface area contributed by atoms with Gasteiger partial charge < -0.3 is 63.8 Å². The zero-order valence-electron chi connectivity index (χ0n) is 44.0. The lowest BCUT2D eigenvalue weighted by atomic mass is 9.77. The summed E-state index contributed by atoms with van der Waals surface area (Å²) >= 11 is 0. The molecule has 0 bridgehead atoms. The quantitative estimate of drug-likeness (QED) is 0.178. The van der Waals surface area contributed by atoms with Gasteiger partial charge in [0.25, 0.3) is 0 Å². The van der Waals surface area contributed by atoms with E-state index >= 15 is 0 Å². The van der Waals surface area contributed by atoms with Crippen LogP contribution in [0.2, 0.25) is 0 Å². The van der Waals surface area contributed by atoms with Gasteiger partial charge in [-0.25, -0.2) is 4.68 Å². The van der Waals surface area contributed by atoms with E-state index < -0.39 is 120 Å². The molecule has 19 atom stereocenters. The number of esters is 1. The van der Waals surface area contributed by atoms with Crippen molar-refractivity contribution in [1.29, 1.82) is 0 Å². The van der Waals surface area contributed by atoms with E-state index in [0.29, 0.717) is 24.2 Å². The van der Waals surface area contributed by atoms with E-state index in [9.17, 15) is 43.5 Å². The van der Waals surface area contributed by atoms with Gasteiger partial charge in [0.05, 0.1) is 47.2 Å². The summed E-state index contributed by atoms with van der Waals surface area (Å²) in [5, 5.41) is 67.4. The summed E-state index contributed by atoms with van der Waals surface area (Å²) in [4.78, 5) is 36.1. The number of aliphatic hydroxyl groups excluding tert-OH is 3. The summed E-state index contributed by atoms with van der Waals surface area (Å²) in [6.07, 6.45) is -10.6. The highest BCUT2D eigenvalue weighted by Crippen LogP contribution is 2.41. The van der Waals surface area contributed by atoms with Crippen molar-refractivity contribution in [3.05, 3.63) is 51.9 Å². The van der Waals surface area contributed by atoms with Crippen LogP contribution >= 0.6 is 0 Å². The molecule has 0 spiro atoms. The van der Waals surface area contributed by atoms with E-state index in [2.05, 4.69) is 15.3 Å². The first kappa shape index (κ1) is 61.2. The topological polar surface area (TPSA) is 258 Å². The minimum absolute atomic E-state index is 0.0580. The molecule has 412 valence electrons. The number of halogens is 3. The molecule has 5 N–H and O–H groups in total. The zero-order chi connectivity index (χ0) is 54.3. The molecule has 3 saturated heterocycles. The average molecular weight is 1040 g/mol. The molecule has 2 aromatic rings. The van der Waals surface area contributed by atoms with Crippen molar-refractivity contribution in [2.45, 2.75) is 210 Å². The Balaban J connectivity index is 0.00000555. The second kappa shape index (κ2) is 25.5. The van der Waals surface area contributed by atoms with Crippen LogP contribution < -0.4 is 0 Å². The molecule has 3 aliphatic heterocycles. The Labute approximate surface area is 421 Å². The molecule has 0 radical (unpaired) electrons. The summed E-state index contributed by atoms with van der Waals surface area (Å²) in [6.45, 7) is 17.7. The van der Waals surface area contributed by atoms with E-state index in [1.54, 1.807) is 62.6 Å². The number of aromatic nitrogens is 4. The van der Waals surface area contributed by atoms with Crippen LogP contribution in [0.25, 0.3) is 0 Å². The van der Waals surface area contributed by atoms with Gasteiger partial charge in [-0.1, -0.05) is 26.0 Å². The predicted molar refractivity (Wildman–Crippen MR) is 257 cm³/mol. The highest BCUT2D eigenvalue weighted by Gasteiger charge is 2.53. The number of cyclic esters (lactones) is 1. The van der Waals surface area contributed by atoms with Crippen molar-refractivity contribution in [3.63, 3.8) is 0 Å². The highest BCUT2D eigenvalue weighted by molar-refractivity contribution is 5.73. The molecule has 0 amide bonds. The fourth-order valence-electron chi connectivity index (χ4n) is 10.8. The third-order valence-electron chi connectivity index (χ3n) is 15.3. The first-order valence-corrected chi connectivity index (χ1v) is 24.8. The maximum atomic E-state index is 14.5. The van der Waals surface area contributed by atoms with Crippen LogP contribution in [0.4, 0.5) is 13.2 Å². The SMILES string of the molecule is CC[C@H]1OC(=O)[C@H](C)[C@@H](O[C@H]2C[C@@](C)(OC)[C@@H](O)[C@H](C)O2)[C@H](C)[C@@H](O[C@@H]2O[C@H](C)C[C@H](N(C)CCc3cn([C@@H](Cc4ccncc4)C(F)(F)F)nn3)[C@H]2O)[C@](C)(O)C[C@@H](C)CN(C)[C@H](C)[C@@H](O)[C@]1(C)O.O=O. The molecule has 2 aromatic heterocycles. The molecule has 3 aliphatic rings. The number of hydrogen-bond donors (Lipinski definition) is 5. The first-order valence-electron chi connectivity index (χ1n) is 24.8. The van der Waals surface area contributed by atoms with E-state index in [1.807, 2.05) is 23.6 Å². The first-order chi connectivity index (χ1) is 33.5. The molecule has 23 heteroatoms. The van der Waals surface area contributed by atoms with E-state index in [-0.39, 0.29) is 44.6 Å². The van der Waals surface area contributed by atoms with E-state index in [4.69, 9.17) is 38.4 Å². The Kier molecular flexibility index (Phi) is 21.7. The van der Waals surface area contributed by atoms with Crippen LogP contribution in [0, 0.1) is 27.7 Å². The number of likely N-dealkylation sites (N-methyl/N-ethyl adjacent to an activating group) is 2. The van der Waals surface area contributed by atoms with Crippen LogP contribution in [-0.2, 0) is 46.1 Å². The molecule has 0 saturated carbocycles. The van der Waals surface area contributed by atoms with Crippen LogP contribution in [-0.4, -0.2) is 192 Å². The van der Waals surface area contributed by atoms with Gasteiger partial charge >= 0.3 is 12.1 Å². The van der Waals surface area contributed by atoms with E-state index in [1.165, 1.54) is 44.8 Å². The van der Waals surface area contributed by atoms with Gasteiger partial charge in [0.2, 0.25) is 0 Å². The van der Waals surface area contributed by atoms with Crippen LogP contribution in [0.15, 0.2) is 30.7 Å². The molecule has 0 unspecified atom stereocenters. The number of hydrogen-bond acceptors (Lipinski definition) is 19. The average Bonchev–Trinajstić information content (AvgIpc) is 3.79. The van der Waals surface area contributed by atoms with Gasteiger partial charge in [-0.2, -0.15) is 13.2 Å². The fraction of sp³-hybridized carbons (Fsp3) is 0.837. The van der Waals surface area contributed by atoms with Crippen molar-refractivity contribution in [2.75, 3.05) is 34.3 Å². The molecule has 5 rings (SSSR count). The summed E-state index contributed by atoms with van der Waals surface area (Å²) in [5.74, 6) is -3.01. The minimum Gasteiger partial charge on any atom is -0.459 e. The third-order valence-corrected chi connectivity index (χ3v) is 15.3. The number of rotatable bonds is 13. The number of aliphatic hydroxyl groups is 5. The van der Waals surface area contributed by atoms with Crippen molar-refractivity contribution in [1.82, 2.24) is 29.8 Å². The Morgan fingerprint density at radius 2 is 1.61 bits per heavy atom. The number of methoxy groups -OCH3 is 1. The Morgan fingerprint density at radius 3 is 2.21 bits per heavy atom. The van der Waals surface area contributed by atoms with Crippen molar-refractivity contribution < 1.29 is 71.9 Å². The second-order valence-corrected chi connectivity index (χ2v) is 21.2. The lowest BCUT2D eigenvalue weighted by molar-refractivity contribution is -0.318. The number of ether oxygens (including phenoxy) is 6. The van der Waals surface area contributed by atoms with Crippen molar-refractivity contribution in [2.24, 2.45) is 17.8 Å². The summed E-state index contributed by atoms with van der Waals surface area (Å²) < 4.78 is 81.6. The van der Waals surface area contributed by atoms with Crippen molar-refractivity contribution >= 4 is 5.97 Å². The Bertz CT molecular complexity index is 1970. The third kappa shape index (κ3) is 14.7. The lowest BCUT2D eigenvalue weighted by Crippen LogP contribution is -2.61. The maximum absolute atomic E-state index is 14.5. The summed E-state index contributed by atoms with van der Waals surface area (Å²) in [6, 6.07) is -0.0964. The monoisotopic (exact) mass is 1030 g/mol. The van der Waals surface area contributed by atoms with Gasteiger partial charge in [-0.15, -0.1) is 5.10 Å². The number of nitrogens with zero attached hydrogens (tertiary/aromatic N) is 6. The minimum atomic E-state index is -4.60. The smallest absolute Gasteiger partial charge is 0.411 e. The molecule has 0 aromatic carbocycles. The van der Waals surface area contributed by atoms with Gasteiger partial charge in [-0.05, 0) is 105 Å². The van der Waals surface area contributed by atoms with Crippen LogP contribution in [0.5, 0.6) is 0 Å². The Morgan fingerprint density at radius 1 is 0.972 bits per heavy atom. The molecule has 5 heterocycles. The fourth-order valence-corrected chi connectivity index (χ4v) is 10.8. The van der Waals surface area contributed by atoms with E-state index in [0.717, 1.165) is 4.68 Å². The summed E-state index contributed by atoms with van der Waals surface area (Å²) in [5.41, 5.74) is -3.90. The van der Waals surface area contributed by atoms with Crippen molar-refractivity contribution in [3.8, 4) is 0 Å². The number of carbonyl (C=O) groups excluding carboxylic acids is 1. The molecular formula is C49H81F3N6O14. The maximum Gasteiger partial charge on any atom is 0.411 e. The standard InChI is InChI=1S/C49H81F3N6O12.O2/c1-14-37-48(10,64)41(60)31(6)57(12)25-27(2)23-46(8,63)43(29(4)40(30(5)44(62)68-37)69-38-24-47(9,65-13)42(61)32(7)67-38)70-45-39(59)35(21-28(3)66-45)56(11)20-17-34-26-58(55-54-34)36(49(50,51)52)22-33-15-18-53-19-16-33;1-2/h15-16,18-19,26-32,35-43,45,59-61,63-64H,14,17,20-25H2,1-13H3;/t27-,28-,29+,30-,31-,32+,35+,36+,37-,38+,39-,40+,41-,42+,43-,45+,46-,47-,48-;/m1./s1. The predicted octanol–water partition coefficient (Wildman–Crippen LogP) is 3.91. The molecule has 0 aliphatic carbocycles. The number of carbonyl (C=O) groups is 1. The normalized spacial score (nSPS) is 39.5. The molecule has 72 heavy (non-hydrogen) atoms. The Hall–Kier alpha value is -3.33. The summed E-state index contributed by atoms with van der Waals surface area (Å²) in [7, 11) is 5.05. The van der Waals surface area contributed by atoms with Gasteiger partial charge in [0.1, 0.15) is 30.0 Å².